The molecule has 104 valence electrons. The van der Waals surface area contributed by atoms with Gasteiger partial charge >= 0.3 is 0 Å². The van der Waals surface area contributed by atoms with Crippen molar-refractivity contribution in [2.45, 2.75) is 4.90 Å². The quantitative estimate of drug-likeness (QED) is 0.659. The van der Waals surface area contributed by atoms with Gasteiger partial charge in [0.05, 0.1) is 5.69 Å². The number of hydrogen-bond donors (Lipinski definition) is 2. The molecule has 0 amide bonds. The Morgan fingerprint density at radius 1 is 1.20 bits per heavy atom. The number of nitrogens with two attached hydrogens (primary N) is 1. The number of benzene rings is 2. The molecular formula is C14H12F2N2S2. The van der Waals surface area contributed by atoms with Gasteiger partial charge in [-0.1, -0.05) is 18.3 Å². The van der Waals surface area contributed by atoms with E-state index >= 15 is 0 Å². The van der Waals surface area contributed by atoms with Gasteiger partial charge in [0.1, 0.15) is 4.99 Å². The molecule has 20 heavy (non-hydrogen) atoms. The molecule has 2 rings (SSSR count). The second kappa shape index (κ2) is 6.19. The van der Waals surface area contributed by atoms with Crippen molar-refractivity contribution in [2.24, 2.45) is 5.73 Å². The Hall–Kier alpha value is -1.66. The zero-order valence-electron chi connectivity index (χ0n) is 10.6. The molecule has 0 atom stereocenters. The summed E-state index contributed by atoms with van der Waals surface area (Å²) >= 11 is 6.23. The molecule has 0 aromatic heterocycles. The standard InChI is InChI=1S/C14H12F2N2S2/c1-20-9-4-2-3-8(7-9)18-11-6-5-10(14(17)19)12(15)13(11)16/h2-7,18H,1H3,(H2,17,19). The van der Waals surface area contributed by atoms with Crippen LogP contribution in [0.1, 0.15) is 5.56 Å². The van der Waals surface area contributed by atoms with Gasteiger partial charge in [0, 0.05) is 16.1 Å². The maximum Gasteiger partial charge on any atom is 0.182 e. The predicted octanol–water partition coefficient (Wildman–Crippen LogP) is 4.06. The van der Waals surface area contributed by atoms with Gasteiger partial charge < -0.3 is 11.1 Å². The first-order valence-electron chi connectivity index (χ1n) is 5.72. The van der Waals surface area contributed by atoms with Gasteiger partial charge in [0.15, 0.2) is 11.6 Å². The van der Waals surface area contributed by atoms with E-state index in [4.69, 9.17) is 5.73 Å². The average Bonchev–Trinajstić information content (AvgIpc) is 2.44. The van der Waals surface area contributed by atoms with E-state index in [0.717, 1.165) is 4.90 Å². The highest BCUT2D eigenvalue weighted by molar-refractivity contribution is 7.98. The Morgan fingerprint density at radius 2 is 1.95 bits per heavy atom. The van der Waals surface area contributed by atoms with E-state index in [9.17, 15) is 8.78 Å². The van der Waals surface area contributed by atoms with Gasteiger partial charge in [-0.3, -0.25) is 0 Å². The maximum atomic E-state index is 13.9. The molecule has 2 aromatic carbocycles. The third-order valence-corrected chi connectivity index (χ3v) is 3.64. The molecule has 0 saturated heterocycles. The van der Waals surface area contributed by atoms with Crippen LogP contribution in [-0.4, -0.2) is 11.2 Å². The van der Waals surface area contributed by atoms with Crippen molar-refractivity contribution >= 4 is 40.3 Å². The summed E-state index contributed by atoms with van der Waals surface area (Å²) in [5.74, 6) is -2.03. The molecule has 2 aromatic rings. The van der Waals surface area contributed by atoms with E-state index in [-0.39, 0.29) is 16.2 Å². The molecule has 0 spiro atoms. The third kappa shape index (κ3) is 3.08. The van der Waals surface area contributed by atoms with Gasteiger partial charge in [0.25, 0.3) is 0 Å². The second-order valence-electron chi connectivity index (χ2n) is 4.01. The van der Waals surface area contributed by atoms with Gasteiger partial charge in [-0.2, -0.15) is 0 Å². The van der Waals surface area contributed by atoms with Crippen molar-refractivity contribution in [3.63, 3.8) is 0 Å². The lowest BCUT2D eigenvalue weighted by Crippen LogP contribution is -2.13. The van der Waals surface area contributed by atoms with Crippen molar-refractivity contribution < 1.29 is 8.78 Å². The molecule has 0 fully saturated rings. The minimum Gasteiger partial charge on any atom is -0.389 e. The van der Waals surface area contributed by atoms with Gasteiger partial charge in [-0.15, -0.1) is 11.8 Å². The molecule has 3 N–H and O–H groups in total. The summed E-state index contributed by atoms with van der Waals surface area (Å²) in [7, 11) is 0. The van der Waals surface area contributed by atoms with E-state index in [2.05, 4.69) is 17.5 Å². The van der Waals surface area contributed by atoms with Crippen LogP contribution in [0, 0.1) is 11.6 Å². The monoisotopic (exact) mass is 310 g/mol. The summed E-state index contributed by atoms with van der Waals surface area (Å²) in [5, 5.41) is 2.84. The minimum atomic E-state index is -1.04. The summed E-state index contributed by atoms with van der Waals surface area (Å²) in [6.45, 7) is 0. The SMILES string of the molecule is CSc1cccc(Nc2ccc(C(N)=S)c(F)c2F)c1. The number of rotatable bonds is 4. The maximum absolute atomic E-state index is 13.9. The number of nitrogens with one attached hydrogen (secondary N) is 1. The second-order valence-corrected chi connectivity index (χ2v) is 5.33. The van der Waals surface area contributed by atoms with E-state index in [1.54, 1.807) is 17.8 Å². The van der Waals surface area contributed by atoms with Gasteiger partial charge in [0.2, 0.25) is 0 Å². The minimum absolute atomic E-state index is 0.0424. The van der Waals surface area contributed by atoms with Crippen LogP contribution in [0.4, 0.5) is 20.2 Å². The first-order chi connectivity index (χ1) is 9.52. The highest BCUT2D eigenvalue weighted by Gasteiger charge is 2.15. The van der Waals surface area contributed by atoms with Crippen molar-refractivity contribution in [3.05, 3.63) is 53.6 Å². The zero-order valence-corrected chi connectivity index (χ0v) is 12.2. The van der Waals surface area contributed by atoms with Crippen molar-refractivity contribution in [2.75, 3.05) is 11.6 Å². The van der Waals surface area contributed by atoms with Crippen LogP contribution in [0.2, 0.25) is 0 Å². The van der Waals surface area contributed by atoms with Crippen LogP contribution >= 0.6 is 24.0 Å². The normalized spacial score (nSPS) is 10.3. The van der Waals surface area contributed by atoms with Crippen LogP contribution in [0.15, 0.2) is 41.3 Å². The number of halogens is 2. The van der Waals surface area contributed by atoms with Crippen LogP contribution in [0.5, 0.6) is 0 Å². The highest BCUT2D eigenvalue weighted by Crippen LogP contribution is 2.26. The zero-order chi connectivity index (χ0) is 14.7. The molecule has 6 heteroatoms. The van der Waals surface area contributed by atoms with Crippen molar-refractivity contribution in [1.29, 1.82) is 0 Å². The van der Waals surface area contributed by atoms with Crippen LogP contribution in [0.3, 0.4) is 0 Å². The van der Waals surface area contributed by atoms with Crippen molar-refractivity contribution in [1.82, 2.24) is 0 Å². The van der Waals surface area contributed by atoms with Gasteiger partial charge in [-0.05, 0) is 36.6 Å². The third-order valence-electron chi connectivity index (χ3n) is 2.70. The van der Waals surface area contributed by atoms with Gasteiger partial charge in [-0.25, -0.2) is 8.78 Å². The van der Waals surface area contributed by atoms with E-state index < -0.39 is 11.6 Å². The lowest BCUT2D eigenvalue weighted by Gasteiger charge is -2.11. The summed E-state index contributed by atoms with van der Waals surface area (Å²) in [6.07, 6.45) is 1.94. The molecule has 0 heterocycles. The summed E-state index contributed by atoms with van der Waals surface area (Å²) < 4.78 is 27.7. The first-order valence-corrected chi connectivity index (χ1v) is 7.35. The lowest BCUT2D eigenvalue weighted by atomic mass is 10.1. The van der Waals surface area contributed by atoms with Crippen LogP contribution < -0.4 is 11.1 Å². The average molecular weight is 310 g/mol. The molecule has 2 nitrogen and oxygen atoms in total. The van der Waals surface area contributed by atoms with Crippen molar-refractivity contribution in [3.8, 4) is 0 Å². The fourth-order valence-electron chi connectivity index (χ4n) is 1.69. The van der Waals surface area contributed by atoms with E-state index in [0.29, 0.717) is 5.69 Å². The van der Waals surface area contributed by atoms with E-state index in [1.807, 2.05) is 24.5 Å². The largest absolute Gasteiger partial charge is 0.389 e. The smallest absolute Gasteiger partial charge is 0.182 e. The molecule has 0 radical (unpaired) electrons. The highest BCUT2D eigenvalue weighted by atomic mass is 32.2. The molecule has 0 saturated carbocycles. The Kier molecular flexibility index (Phi) is 4.57. The Labute approximate surface area is 125 Å². The molecule has 0 aliphatic heterocycles. The first kappa shape index (κ1) is 14.7. The summed E-state index contributed by atoms with van der Waals surface area (Å²) in [4.78, 5) is 0.855. The molecule has 0 unspecified atom stereocenters. The Balaban J connectivity index is 2.34. The topological polar surface area (TPSA) is 38.0 Å². The number of thiocarbonyl (C=S) groups is 1. The number of thioether (sulfide) groups is 1. The Bertz CT molecular complexity index is 660. The fraction of sp³-hybridized carbons (Fsp3) is 0.0714. The van der Waals surface area contributed by atoms with E-state index in [1.165, 1.54) is 12.1 Å². The molecule has 0 aliphatic rings. The van der Waals surface area contributed by atoms with Crippen LogP contribution in [0.25, 0.3) is 0 Å². The predicted molar refractivity (Wildman–Crippen MR) is 83.8 cm³/mol. The molecule has 0 bridgehead atoms. The lowest BCUT2D eigenvalue weighted by molar-refractivity contribution is 0.510. The molecule has 0 aliphatic carbocycles. The number of hydrogen-bond acceptors (Lipinski definition) is 3. The van der Waals surface area contributed by atoms with Crippen LogP contribution in [-0.2, 0) is 0 Å². The Morgan fingerprint density at radius 3 is 2.60 bits per heavy atom. The summed E-state index contributed by atoms with van der Waals surface area (Å²) in [5.41, 5.74) is 5.95. The molecular weight excluding hydrogens is 298 g/mol. The summed E-state index contributed by atoms with van der Waals surface area (Å²) in [6, 6.07) is 10.2. The fourth-order valence-corrected chi connectivity index (χ4v) is 2.31. The number of anilines is 2.